The third-order valence-corrected chi connectivity index (χ3v) is 1.76. The zero-order valence-corrected chi connectivity index (χ0v) is 8.36. The lowest BCUT2D eigenvalue weighted by Gasteiger charge is -2.14. The second kappa shape index (κ2) is 4.88. The van der Waals surface area contributed by atoms with Crippen molar-refractivity contribution in [1.82, 2.24) is 9.97 Å². The molecule has 0 spiro atoms. The molecule has 0 saturated heterocycles. The smallest absolute Gasteiger partial charge is 0.130 e. The standard InChI is InChI=1S/C9H15N3O2/c1-6-3-9(11-7(2)10-6)12-8(4-13)5-14/h3,8,13-14H,4-5H2,1-2H3,(H,10,11,12). The fourth-order valence-corrected chi connectivity index (χ4v) is 1.15. The van der Waals surface area contributed by atoms with E-state index in [9.17, 15) is 0 Å². The maximum absolute atomic E-state index is 8.86. The van der Waals surface area contributed by atoms with Gasteiger partial charge in [-0.3, -0.25) is 0 Å². The number of hydrogen-bond donors (Lipinski definition) is 3. The molecule has 0 unspecified atom stereocenters. The molecular formula is C9H15N3O2. The Morgan fingerprint density at radius 3 is 2.43 bits per heavy atom. The lowest BCUT2D eigenvalue weighted by molar-refractivity contribution is 0.203. The van der Waals surface area contributed by atoms with Gasteiger partial charge in [-0.25, -0.2) is 9.97 Å². The van der Waals surface area contributed by atoms with E-state index in [1.807, 2.05) is 6.92 Å². The normalized spacial score (nSPS) is 10.6. The minimum absolute atomic E-state index is 0.126. The van der Waals surface area contributed by atoms with Gasteiger partial charge in [-0.15, -0.1) is 0 Å². The Kier molecular flexibility index (Phi) is 3.79. The molecule has 0 aliphatic heterocycles. The molecule has 0 bridgehead atoms. The van der Waals surface area contributed by atoms with Crippen molar-refractivity contribution in [3.63, 3.8) is 0 Å². The van der Waals surface area contributed by atoms with Crippen molar-refractivity contribution in [1.29, 1.82) is 0 Å². The van der Waals surface area contributed by atoms with E-state index in [0.717, 1.165) is 5.69 Å². The molecule has 0 radical (unpaired) electrons. The van der Waals surface area contributed by atoms with E-state index in [-0.39, 0.29) is 19.3 Å². The van der Waals surface area contributed by atoms with Gasteiger partial charge in [-0.2, -0.15) is 0 Å². The van der Waals surface area contributed by atoms with E-state index < -0.39 is 0 Å². The first-order chi connectivity index (χ1) is 6.65. The average Bonchev–Trinajstić information content (AvgIpc) is 2.12. The maximum atomic E-state index is 8.86. The summed E-state index contributed by atoms with van der Waals surface area (Å²) in [7, 11) is 0. The summed E-state index contributed by atoms with van der Waals surface area (Å²) in [6, 6.07) is 1.40. The Morgan fingerprint density at radius 2 is 1.93 bits per heavy atom. The summed E-state index contributed by atoms with van der Waals surface area (Å²) in [5.41, 5.74) is 0.856. The number of rotatable bonds is 4. The molecule has 1 aromatic heterocycles. The Balaban J connectivity index is 2.75. The van der Waals surface area contributed by atoms with Crippen molar-refractivity contribution in [3.05, 3.63) is 17.6 Å². The number of aryl methyl sites for hydroxylation is 2. The predicted molar refractivity (Wildman–Crippen MR) is 53.1 cm³/mol. The number of aromatic nitrogens is 2. The van der Waals surface area contributed by atoms with Crippen LogP contribution >= 0.6 is 0 Å². The highest BCUT2D eigenvalue weighted by Gasteiger charge is 2.06. The molecule has 0 saturated carbocycles. The minimum atomic E-state index is -0.372. The summed E-state index contributed by atoms with van der Waals surface area (Å²) in [4.78, 5) is 8.24. The van der Waals surface area contributed by atoms with Crippen LogP contribution in [0.5, 0.6) is 0 Å². The topological polar surface area (TPSA) is 78.3 Å². The van der Waals surface area contributed by atoms with E-state index in [1.54, 1.807) is 13.0 Å². The fourth-order valence-electron chi connectivity index (χ4n) is 1.15. The summed E-state index contributed by atoms with van der Waals surface area (Å²) in [6.07, 6.45) is 0. The van der Waals surface area contributed by atoms with Crippen LogP contribution in [-0.2, 0) is 0 Å². The third kappa shape index (κ3) is 2.93. The Labute approximate surface area is 82.8 Å². The zero-order valence-electron chi connectivity index (χ0n) is 8.36. The van der Waals surface area contributed by atoms with Crippen molar-refractivity contribution in [2.24, 2.45) is 0 Å². The monoisotopic (exact) mass is 197 g/mol. The van der Waals surface area contributed by atoms with Gasteiger partial charge in [-0.05, 0) is 13.8 Å². The van der Waals surface area contributed by atoms with E-state index in [2.05, 4.69) is 15.3 Å². The second-order valence-corrected chi connectivity index (χ2v) is 3.15. The Bertz CT molecular complexity index is 280. The van der Waals surface area contributed by atoms with Crippen molar-refractivity contribution in [3.8, 4) is 0 Å². The van der Waals surface area contributed by atoms with Crippen molar-refractivity contribution in [2.45, 2.75) is 19.9 Å². The summed E-state index contributed by atoms with van der Waals surface area (Å²) in [5, 5.41) is 20.6. The van der Waals surface area contributed by atoms with Gasteiger partial charge >= 0.3 is 0 Å². The Hall–Kier alpha value is -1.20. The van der Waals surface area contributed by atoms with E-state index >= 15 is 0 Å². The van der Waals surface area contributed by atoms with Crippen molar-refractivity contribution in [2.75, 3.05) is 18.5 Å². The molecule has 1 aromatic rings. The van der Waals surface area contributed by atoms with E-state index in [4.69, 9.17) is 10.2 Å². The molecule has 5 heteroatoms. The summed E-state index contributed by atoms with van der Waals surface area (Å²) in [6.45, 7) is 3.41. The van der Waals surface area contributed by atoms with Crippen molar-refractivity contribution >= 4 is 5.82 Å². The Morgan fingerprint density at radius 1 is 1.29 bits per heavy atom. The largest absolute Gasteiger partial charge is 0.394 e. The third-order valence-electron chi connectivity index (χ3n) is 1.76. The number of aliphatic hydroxyl groups excluding tert-OH is 2. The van der Waals surface area contributed by atoms with E-state index in [1.165, 1.54) is 0 Å². The molecule has 78 valence electrons. The first-order valence-electron chi connectivity index (χ1n) is 4.46. The first kappa shape index (κ1) is 10.9. The molecule has 5 nitrogen and oxygen atoms in total. The molecule has 0 aliphatic rings. The number of hydrogen-bond acceptors (Lipinski definition) is 5. The lowest BCUT2D eigenvalue weighted by atomic mass is 10.3. The van der Waals surface area contributed by atoms with Crippen LogP contribution in [0.2, 0.25) is 0 Å². The molecule has 0 fully saturated rings. The van der Waals surface area contributed by atoms with Crippen LogP contribution in [0.25, 0.3) is 0 Å². The predicted octanol–water partition coefficient (Wildman–Crippen LogP) is -0.141. The van der Waals surface area contributed by atoms with Gasteiger partial charge in [0.15, 0.2) is 0 Å². The maximum Gasteiger partial charge on any atom is 0.130 e. The summed E-state index contributed by atoms with van der Waals surface area (Å²) in [5.74, 6) is 1.30. The van der Waals surface area contributed by atoms with Gasteiger partial charge in [0.25, 0.3) is 0 Å². The number of anilines is 1. The van der Waals surface area contributed by atoms with Gasteiger partial charge in [0, 0.05) is 11.8 Å². The fraction of sp³-hybridized carbons (Fsp3) is 0.556. The molecular weight excluding hydrogens is 182 g/mol. The highest BCUT2D eigenvalue weighted by Crippen LogP contribution is 2.06. The van der Waals surface area contributed by atoms with Gasteiger partial charge in [0.05, 0.1) is 19.3 Å². The highest BCUT2D eigenvalue weighted by molar-refractivity contribution is 5.36. The second-order valence-electron chi connectivity index (χ2n) is 3.15. The molecule has 0 aromatic carbocycles. The molecule has 0 atom stereocenters. The zero-order chi connectivity index (χ0) is 10.6. The summed E-state index contributed by atoms with van der Waals surface area (Å²) < 4.78 is 0. The van der Waals surface area contributed by atoms with Crippen LogP contribution in [0.3, 0.4) is 0 Å². The molecule has 1 heterocycles. The van der Waals surface area contributed by atoms with Gasteiger partial charge in [0.1, 0.15) is 11.6 Å². The van der Waals surface area contributed by atoms with Crippen LogP contribution in [-0.4, -0.2) is 39.4 Å². The molecule has 1 rings (SSSR count). The van der Waals surface area contributed by atoms with Crippen molar-refractivity contribution < 1.29 is 10.2 Å². The number of aliphatic hydroxyl groups is 2. The lowest BCUT2D eigenvalue weighted by Crippen LogP contribution is -2.28. The van der Waals surface area contributed by atoms with Crippen LogP contribution < -0.4 is 5.32 Å². The minimum Gasteiger partial charge on any atom is -0.394 e. The van der Waals surface area contributed by atoms with Crippen LogP contribution in [0.1, 0.15) is 11.5 Å². The molecule has 0 amide bonds. The number of nitrogens with one attached hydrogen (secondary N) is 1. The summed E-state index contributed by atoms with van der Waals surface area (Å²) >= 11 is 0. The highest BCUT2D eigenvalue weighted by atomic mass is 16.3. The van der Waals surface area contributed by atoms with Crippen LogP contribution in [0, 0.1) is 13.8 Å². The first-order valence-corrected chi connectivity index (χ1v) is 4.46. The van der Waals surface area contributed by atoms with Gasteiger partial charge in [0.2, 0.25) is 0 Å². The van der Waals surface area contributed by atoms with E-state index in [0.29, 0.717) is 11.6 Å². The molecule has 3 N–H and O–H groups in total. The molecule has 14 heavy (non-hydrogen) atoms. The number of nitrogens with zero attached hydrogens (tertiary/aromatic N) is 2. The van der Waals surface area contributed by atoms with Crippen LogP contribution in [0.15, 0.2) is 6.07 Å². The quantitative estimate of drug-likeness (QED) is 0.626. The van der Waals surface area contributed by atoms with Gasteiger partial charge < -0.3 is 15.5 Å². The average molecular weight is 197 g/mol. The molecule has 0 aliphatic carbocycles. The van der Waals surface area contributed by atoms with Gasteiger partial charge in [-0.1, -0.05) is 0 Å². The van der Waals surface area contributed by atoms with Crippen LogP contribution in [0.4, 0.5) is 5.82 Å². The SMILES string of the molecule is Cc1cc(NC(CO)CO)nc(C)n1.